The largest absolute Gasteiger partial charge is 0.311 e. The maximum Gasteiger partial charge on any atom is 0.252 e. The topological polar surface area (TPSA) is 8.17 Å². The minimum atomic E-state index is 0.178. The number of rotatable bonds is 2. The van der Waals surface area contributed by atoms with Gasteiger partial charge >= 0.3 is 0 Å². The highest BCUT2D eigenvalue weighted by atomic mass is 32.1. The maximum atomic E-state index is 2.66. The molecule has 2 aromatic heterocycles. The molecule has 2 aliphatic heterocycles. The van der Waals surface area contributed by atoms with Crippen molar-refractivity contribution in [2.75, 3.05) is 4.90 Å². The van der Waals surface area contributed by atoms with Gasteiger partial charge in [0.05, 0.1) is 5.52 Å². The molecule has 218 valence electrons. The van der Waals surface area contributed by atoms with E-state index in [4.69, 9.17) is 0 Å². The van der Waals surface area contributed by atoms with E-state index in [1.165, 1.54) is 119 Å². The Labute approximate surface area is 272 Å². The van der Waals surface area contributed by atoms with E-state index in [-0.39, 0.29) is 6.71 Å². The van der Waals surface area contributed by atoms with Gasteiger partial charge in [0.25, 0.3) is 6.71 Å². The Morgan fingerprint density at radius 1 is 0.587 bits per heavy atom. The van der Waals surface area contributed by atoms with Crippen LogP contribution >= 0.6 is 11.3 Å². The molecule has 2 nitrogen and oxygen atoms in total. The molecule has 0 N–H and O–H groups in total. The zero-order chi connectivity index (χ0) is 29.9. The summed E-state index contributed by atoms with van der Waals surface area (Å²) in [6.07, 6.45) is 6.58. The predicted molar refractivity (Wildman–Crippen MR) is 199 cm³/mol. The third kappa shape index (κ3) is 3.27. The Hall–Kier alpha value is -4.80. The molecular weight excluding hydrogens is 575 g/mol. The molecule has 1 fully saturated rings. The Balaban J connectivity index is 1.33. The van der Waals surface area contributed by atoms with Crippen LogP contribution in [0.5, 0.6) is 0 Å². The molecule has 4 heterocycles. The van der Waals surface area contributed by atoms with Crippen molar-refractivity contribution in [3.63, 3.8) is 0 Å². The Morgan fingerprint density at radius 3 is 2.26 bits per heavy atom. The first-order chi connectivity index (χ1) is 22.8. The molecule has 4 heteroatoms. The third-order valence-corrected chi connectivity index (χ3v) is 12.3. The second-order valence-corrected chi connectivity index (χ2v) is 14.6. The average Bonchev–Trinajstić information content (AvgIpc) is 3.67. The van der Waals surface area contributed by atoms with Crippen molar-refractivity contribution in [1.82, 2.24) is 4.57 Å². The van der Waals surface area contributed by atoms with Gasteiger partial charge in [-0.25, -0.2) is 0 Å². The van der Waals surface area contributed by atoms with Gasteiger partial charge in [-0.1, -0.05) is 92.1 Å². The third-order valence-electron chi connectivity index (χ3n) is 11.1. The van der Waals surface area contributed by atoms with Crippen LogP contribution in [-0.2, 0) is 0 Å². The highest BCUT2D eigenvalue weighted by Crippen LogP contribution is 2.47. The standard InChI is InChI=1S/C42H31BN2S/c1-3-12-26(13-4-1)27-24-35-41-36(25-27)45-34-22-23-38-40(29-16-7-10-21-37(29)46-38)39(34)30-17-11-19-32(42(30)45)43(41)31-18-8-9-20-33(31)44(35)28-14-5-2-6-15-28/h2,5-11,14-26H,1,3-4,12-13H2. The number of anilines is 3. The summed E-state index contributed by atoms with van der Waals surface area (Å²) in [5.74, 6) is 0.602. The van der Waals surface area contributed by atoms with E-state index in [1.807, 2.05) is 11.3 Å². The van der Waals surface area contributed by atoms with Gasteiger partial charge in [0.2, 0.25) is 0 Å². The van der Waals surface area contributed by atoms with E-state index in [9.17, 15) is 0 Å². The molecule has 0 radical (unpaired) electrons. The average molecular weight is 607 g/mol. The van der Waals surface area contributed by atoms with Gasteiger partial charge in [0, 0.05) is 59.2 Å². The van der Waals surface area contributed by atoms with Crippen molar-refractivity contribution in [2.45, 2.75) is 38.0 Å². The van der Waals surface area contributed by atoms with Crippen LogP contribution in [0.4, 0.5) is 17.1 Å². The summed E-state index contributed by atoms with van der Waals surface area (Å²) in [6.45, 7) is 0.178. The first-order valence-corrected chi connectivity index (χ1v) is 17.7. The Kier molecular flexibility index (Phi) is 5.18. The highest BCUT2D eigenvalue weighted by Gasteiger charge is 2.42. The van der Waals surface area contributed by atoms with Crippen LogP contribution < -0.4 is 21.3 Å². The first kappa shape index (κ1) is 25.4. The molecule has 3 aliphatic rings. The quantitative estimate of drug-likeness (QED) is 0.178. The lowest BCUT2D eigenvalue weighted by Crippen LogP contribution is -2.60. The lowest BCUT2D eigenvalue weighted by Gasteiger charge is -2.41. The summed E-state index contributed by atoms with van der Waals surface area (Å²) in [7, 11) is 0. The monoisotopic (exact) mass is 606 g/mol. The summed E-state index contributed by atoms with van der Waals surface area (Å²) in [4.78, 5) is 2.55. The van der Waals surface area contributed by atoms with Gasteiger partial charge in [-0.05, 0) is 89.2 Å². The second-order valence-electron chi connectivity index (χ2n) is 13.5. The van der Waals surface area contributed by atoms with E-state index in [0.29, 0.717) is 5.92 Å². The van der Waals surface area contributed by atoms with Gasteiger partial charge in [0.15, 0.2) is 0 Å². The number of para-hydroxylation sites is 3. The molecule has 11 rings (SSSR count). The van der Waals surface area contributed by atoms with Gasteiger partial charge < -0.3 is 9.47 Å². The Bertz CT molecular complexity index is 2540. The Morgan fingerprint density at radius 2 is 1.35 bits per heavy atom. The SMILES string of the molecule is c1ccc(N2c3ccccc3B3c4c2cc(C2CCCCC2)cc4-n2c4ccc5sc6ccccc6c5c4c4cccc3c42)cc1. The molecule has 0 amide bonds. The van der Waals surface area contributed by atoms with Crippen LogP contribution in [0.15, 0.2) is 121 Å². The lowest BCUT2D eigenvalue weighted by atomic mass is 9.33. The maximum absolute atomic E-state index is 2.66. The van der Waals surface area contributed by atoms with Crippen molar-refractivity contribution in [1.29, 1.82) is 0 Å². The molecule has 1 saturated carbocycles. The van der Waals surface area contributed by atoms with Crippen molar-refractivity contribution >= 4 is 93.5 Å². The molecule has 0 saturated heterocycles. The summed E-state index contributed by atoms with van der Waals surface area (Å²) in [5.41, 5.74) is 13.7. The lowest BCUT2D eigenvalue weighted by molar-refractivity contribution is 0.443. The first-order valence-electron chi connectivity index (χ1n) is 16.8. The zero-order valence-corrected chi connectivity index (χ0v) is 26.4. The number of fused-ring (bicyclic) bond motifs is 11. The fourth-order valence-electron chi connectivity index (χ4n) is 9.26. The smallest absolute Gasteiger partial charge is 0.252 e. The minimum Gasteiger partial charge on any atom is -0.311 e. The van der Waals surface area contributed by atoms with E-state index < -0.39 is 0 Å². The van der Waals surface area contributed by atoms with Crippen molar-refractivity contribution in [3.05, 3.63) is 127 Å². The van der Waals surface area contributed by atoms with Crippen molar-refractivity contribution in [3.8, 4) is 5.69 Å². The van der Waals surface area contributed by atoms with Crippen molar-refractivity contribution in [2.24, 2.45) is 0 Å². The van der Waals surface area contributed by atoms with E-state index >= 15 is 0 Å². The van der Waals surface area contributed by atoms with Crippen LogP contribution in [0.3, 0.4) is 0 Å². The number of hydrogen-bond donors (Lipinski definition) is 0. The van der Waals surface area contributed by atoms with E-state index in [2.05, 4.69) is 131 Å². The number of aromatic nitrogens is 1. The van der Waals surface area contributed by atoms with E-state index in [1.54, 1.807) is 0 Å². The molecule has 1 aliphatic carbocycles. The number of hydrogen-bond acceptors (Lipinski definition) is 2. The summed E-state index contributed by atoms with van der Waals surface area (Å²) < 4.78 is 5.39. The fraction of sp³-hybridized carbons (Fsp3) is 0.143. The molecule has 8 aromatic rings. The molecule has 0 bridgehead atoms. The summed E-state index contributed by atoms with van der Waals surface area (Å²) in [5, 5.41) is 5.55. The van der Waals surface area contributed by atoms with Crippen LogP contribution in [-0.4, -0.2) is 11.3 Å². The molecule has 6 aromatic carbocycles. The molecule has 0 atom stereocenters. The second kappa shape index (κ2) is 9.37. The zero-order valence-electron chi connectivity index (χ0n) is 25.5. The number of benzene rings is 6. The highest BCUT2D eigenvalue weighted by molar-refractivity contribution is 7.26. The predicted octanol–water partition coefficient (Wildman–Crippen LogP) is 9.81. The van der Waals surface area contributed by atoms with Crippen LogP contribution in [0, 0.1) is 0 Å². The van der Waals surface area contributed by atoms with Crippen LogP contribution in [0.2, 0.25) is 0 Å². The molecule has 0 unspecified atom stereocenters. The van der Waals surface area contributed by atoms with Gasteiger partial charge in [0.1, 0.15) is 0 Å². The fourth-order valence-corrected chi connectivity index (χ4v) is 10.4. The van der Waals surface area contributed by atoms with Crippen LogP contribution in [0.25, 0.3) is 47.7 Å². The molecule has 46 heavy (non-hydrogen) atoms. The number of thiophene rings is 1. The van der Waals surface area contributed by atoms with Gasteiger partial charge in [-0.3, -0.25) is 0 Å². The van der Waals surface area contributed by atoms with Gasteiger partial charge in [-0.2, -0.15) is 0 Å². The van der Waals surface area contributed by atoms with Crippen molar-refractivity contribution < 1.29 is 0 Å². The summed E-state index contributed by atoms with van der Waals surface area (Å²) >= 11 is 1.92. The minimum absolute atomic E-state index is 0.178. The molecule has 0 spiro atoms. The molecular formula is C42H31BN2S. The van der Waals surface area contributed by atoms with Crippen LogP contribution in [0.1, 0.15) is 43.6 Å². The number of nitrogens with zero attached hydrogens (tertiary/aromatic N) is 2. The normalized spacial score (nSPS) is 15.7. The van der Waals surface area contributed by atoms with E-state index in [0.717, 1.165) is 0 Å². The van der Waals surface area contributed by atoms with Gasteiger partial charge in [-0.15, -0.1) is 11.3 Å². The summed E-state index contributed by atoms with van der Waals surface area (Å²) in [6, 6.07) is 46.2.